The summed E-state index contributed by atoms with van der Waals surface area (Å²) in [4.78, 5) is 19.5. The van der Waals surface area contributed by atoms with E-state index in [1.807, 2.05) is 36.2 Å². The van der Waals surface area contributed by atoms with Crippen LogP contribution in [0.3, 0.4) is 0 Å². The number of pyridine rings is 1. The summed E-state index contributed by atoms with van der Waals surface area (Å²) in [6.07, 6.45) is 8.52. The highest BCUT2D eigenvalue weighted by Crippen LogP contribution is 2.27. The summed E-state index contributed by atoms with van der Waals surface area (Å²) < 4.78 is 7.46. The van der Waals surface area contributed by atoms with Gasteiger partial charge in [0.25, 0.3) is 5.91 Å². The van der Waals surface area contributed by atoms with Gasteiger partial charge < -0.3 is 9.32 Å². The van der Waals surface area contributed by atoms with Crippen LogP contribution in [0.25, 0.3) is 0 Å². The van der Waals surface area contributed by atoms with Crippen LogP contribution >= 0.6 is 11.8 Å². The molecule has 0 spiro atoms. The number of fused-ring (bicyclic) bond motifs is 1. The zero-order valence-corrected chi connectivity index (χ0v) is 16.3. The molecule has 1 aliphatic carbocycles. The number of thioether (sulfide) groups is 1. The van der Waals surface area contributed by atoms with E-state index in [1.54, 1.807) is 23.4 Å². The molecule has 0 bridgehead atoms. The normalized spacial score (nSPS) is 13.0. The number of rotatable bonds is 6. The van der Waals surface area contributed by atoms with E-state index in [9.17, 15) is 4.79 Å². The highest BCUT2D eigenvalue weighted by Gasteiger charge is 2.26. The lowest BCUT2D eigenvalue weighted by Gasteiger charge is -2.22. The third kappa shape index (κ3) is 3.51. The Kier molecular flexibility index (Phi) is 5.03. The summed E-state index contributed by atoms with van der Waals surface area (Å²) in [5, 5.41) is 5.43. The minimum atomic E-state index is -0.0544. The van der Waals surface area contributed by atoms with Crippen LogP contribution in [0.5, 0.6) is 0 Å². The third-order valence-electron chi connectivity index (χ3n) is 4.95. The maximum absolute atomic E-state index is 13.4. The maximum Gasteiger partial charge on any atom is 0.257 e. The predicted octanol–water partition coefficient (Wildman–Crippen LogP) is 3.46. The first-order valence-electron chi connectivity index (χ1n) is 9.01. The molecule has 140 valence electrons. The molecule has 1 aliphatic rings. The Morgan fingerprint density at radius 1 is 1.30 bits per heavy atom. The molecular formula is C20H22N4O2S. The molecule has 0 saturated heterocycles. The van der Waals surface area contributed by atoms with Crippen LogP contribution in [0, 0.1) is 0 Å². The lowest BCUT2D eigenvalue weighted by atomic mass is 10.1. The first-order chi connectivity index (χ1) is 13.2. The predicted molar refractivity (Wildman–Crippen MR) is 104 cm³/mol. The van der Waals surface area contributed by atoms with Crippen molar-refractivity contribution in [1.29, 1.82) is 0 Å². The lowest BCUT2D eigenvalue weighted by molar-refractivity contribution is 0.0710. The second-order valence-electron chi connectivity index (χ2n) is 6.65. The molecule has 0 radical (unpaired) electrons. The molecule has 0 saturated carbocycles. The Labute approximate surface area is 162 Å². The Hall–Kier alpha value is -2.54. The molecular weight excluding hydrogens is 360 g/mol. The van der Waals surface area contributed by atoms with E-state index in [1.165, 1.54) is 23.0 Å². The molecule has 0 aliphatic heterocycles. The van der Waals surface area contributed by atoms with Gasteiger partial charge in [-0.05, 0) is 55.3 Å². The van der Waals surface area contributed by atoms with Crippen molar-refractivity contribution < 1.29 is 9.21 Å². The molecule has 6 nitrogen and oxygen atoms in total. The number of aromatic nitrogens is 3. The summed E-state index contributed by atoms with van der Waals surface area (Å²) in [5.74, 6) is 0.701. The van der Waals surface area contributed by atoms with Gasteiger partial charge in [0.2, 0.25) is 0 Å². The summed E-state index contributed by atoms with van der Waals surface area (Å²) in [6.45, 7) is 0.866. The molecule has 0 aromatic carbocycles. The Bertz CT molecular complexity index is 949. The van der Waals surface area contributed by atoms with E-state index in [4.69, 9.17) is 9.52 Å². The number of carbonyl (C=O) groups is 1. The van der Waals surface area contributed by atoms with Crippen LogP contribution in [-0.2, 0) is 33.0 Å². The number of hydrogen-bond donors (Lipinski definition) is 0. The fraction of sp³-hybridized carbons (Fsp3) is 0.350. The van der Waals surface area contributed by atoms with Crippen molar-refractivity contribution in [2.75, 3.05) is 6.26 Å². The van der Waals surface area contributed by atoms with Gasteiger partial charge in [0.05, 0.1) is 30.6 Å². The SMILES string of the molecule is CSc1ncccc1C(=O)N(Cc1ccco1)Cc1nn(C)c2c1CCC2. The van der Waals surface area contributed by atoms with Crippen LogP contribution < -0.4 is 0 Å². The van der Waals surface area contributed by atoms with Gasteiger partial charge in [-0.1, -0.05) is 0 Å². The molecule has 3 heterocycles. The Morgan fingerprint density at radius 3 is 2.96 bits per heavy atom. The van der Waals surface area contributed by atoms with Crippen LogP contribution in [0.2, 0.25) is 0 Å². The number of aryl methyl sites for hydroxylation is 1. The second-order valence-corrected chi connectivity index (χ2v) is 7.44. The van der Waals surface area contributed by atoms with E-state index >= 15 is 0 Å². The van der Waals surface area contributed by atoms with Gasteiger partial charge in [0.15, 0.2) is 0 Å². The minimum absolute atomic E-state index is 0.0544. The zero-order valence-electron chi connectivity index (χ0n) is 15.5. The number of furan rings is 1. The second kappa shape index (κ2) is 7.60. The van der Waals surface area contributed by atoms with Crippen molar-refractivity contribution >= 4 is 17.7 Å². The molecule has 0 unspecified atom stereocenters. The maximum atomic E-state index is 13.4. The van der Waals surface area contributed by atoms with Crippen molar-refractivity contribution in [1.82, 2.24) is 19.7 Å². The van der Waals surface area contributed by atoms with Crippen molar-refractivity contribution in [3.8, 4) is 0 Å². The molecule has 0 N–H and O–H groups in total. The largest absolute Gasteiger partial charge is 0.467 e. The van der Waals surface area contributed by atoms with Crippen LogP contribution in [0.15, 0.2) is 46.2 Å². The van der Waals surface area contributed by atoms with E-state index in [2.05, 4.69) is 4.98 Å². The average Bonchev–Trinajstić information content (AvgIpc) is 3.42. The van der Waals surface area contributed by atoms with Crippen molar-refractivity contribution in [2.24, 2.45) is 7.05 Å². The van der Waals surface area contributed by atoms with Gasteiger partial charge >= 0.3 is 0 Å². The highest BCUT2D eigenvalue weighted by atomic mass is 32.2. The topological polar surface area (TPSA) is 64.2 Å². The van der Waals surface area contributed by atoms with Gasteiger partial charge in [0, 0.05) is 18.9 Å². The molecule has 3 aromatic rings. The van der Waals surface area contributed by atoms with Crippen LogP contribution in [0.1, 0.15) is 39.5 Å². The zero-order chi connectivity index (χ0) is 18.8. The Morgan fingerprint density at radius 2 is 2.19 bits per heavy atom. The third-order valence-corrected chi connectivity index (χ3v) is 5.66. The molecule has 7 heteroatoms. The molecule has 27 heavy (non-hydrogen) atoms. The summed E-state index contributed by atoms with van der Waals surface area (Å²) in [7, 11) is 1.99. The van der Waals surface area contributed by atoms with Crippen molar-refractivity contribution in [2.45, 2.75) is 37.4 Å². The average molecular weight is 382 g/mol. The number of carbonyl (C=O) groups excluding carboxylic acids is 1. The highest BCUT2D eigenvalue weighted by molar-refractivity contribution is 7.98. The molecule has 0 atom stereocenters. The monoisotopic (exact) mass is 382 g/mol. The smallest absolute Gasteiger partial charge is 0.257 e. The van der Waals surface area contributed by atoms with Crippen molar-refractivity contribution in [3.05, 3.63) is 65.0 Å². The van der Waals surface area contributed by atoms with E-state index in [0.29, 0.717) is 18.7 Å². The van der Waals surface area contributed by atoms with Gasteiger partial charge in [-0.25, -0.2) is 4.98 Å². The van der Waals surface area contributed by atoms with Gasteiger partial charge in [-0.15, -0.1) is 11.8 Å². The first-order valence-corrected chi connectivity index (χ1v) is 10.2. The van der Waals surface area contributed by atoms with E-state index in [0.717, 1.165) is 35.7 Å². The molecule has 3 aromatic heterocycles. The first kappa shape index (κ1) is 17.9. The van der Waals surface area contributed by atoms with Crippen molar-refractivity contribution in [3.63, 3.8) is 0 Å². The number of nitrogens with zero attached hydrogens (tertiary/aromatic N) is 4. The van der Waals surface area contributed by atoms with Crippen LogP contribution in [0.4, 0.5) is 0 Å². The quantitative estimate of drug-likeness (QED) is 0.611. The van der Waals surface area contributed by atoms with Gasteiger partial charge in [-0.2, -0.15) is 5.10 Å². The minimum Gasteiger partial charge on any atom is -0.467 e. The summed E-state index contributed by atoms with van der Waals surface area (Å²) in [6, 6.07) is 7.37. The summed E-state index contributed by atoms with van der Waals surface area (Å²) >= 11 is 1.48. The van der Waals surface area contributed by atoms with E-state index < -0.39 is 0 Å². The fourth-order valence-electron chi connectivity index (χ4n) is 3.68. The molecule has 4 rings (SSSR count). The number of hydrogen-bond acceptors (Lipinski definition) is 5. The van der Waals surface area contributed by atoms with Gasteiger partial charge in [0.1, 0.15) is 10.8 Å². The number of amides is 1. The fourth-order valence-corrected chi connectivity index (χ4v) is 4.22. The van der Waals surface area contributed by atoms with E-state index in [-0.39, 0.29) is 5.91 Å². The Balaban J connectivity index is 1.67. The summed E-state index contributed by atoms with van der Waals surface area (Å²) in [5.41, 5.74) is 4.19. The van der Waals surface area contributed by atoms with Gasteiger partial charge in [-0.3, -0.25) is 9.48 Å². The molecule has 1 amide bonds. The standard InChI is InChI=1S/C20H22N4O2S/c1-23-18-9-3-7-15(18)17(22-23)13-24(12-14-6-5-11-26-14)20(25)16-8-4-10-21-19(16)27-2/h4-6,8,10-11H,3,7,9,12-13H2,1-2H3. The lowest BCUT2D eigenvalue weighted by Crippen LogP contribution is -2.31. The molecule has 0 fully saturated rings. The van der Waals surface area contributed by atoms with Crippen LogP contribution in [-0.4, -0.2) is 31.8 Å².